The fraction of sp³-hybridized carbons (Fsp3) is 0.292. The number of benzene rings is 2. The summed E-state index contributed by atoms with van der Waals surface area (Å²) in [6, 6.07) is 9.04. The lowest BCUT2D eigenvalue weighted by molar-refractivity contribution is -0.138. The van der Waals surface area contributed by atoms with Gasteiger partial charge >= 0.3 is 6.18 Å². The van der Waals surface area contributed by atoms with Gasteiger partial charge in [0.05, 0.1) is 22.0 Å². The molecule has 0 fully saturated rings. The number of aromatic hydroxyl groups is 1. The smallest absolute Gasteiger partial charge is 0.416 e. The van der Waals surface area contributed by atoms with Crippen LogP contribution < -0.4 is 15.9 Å². The highest BCUT2D eigenvalue weighted by molar-refractivity contribution is 7.16. The Morgan fingerprint density at radius 1 is 1.17 bits per heavy atom. The average Bonchev–Trinajstić information content (AvgIpc) is 3.41. The Labute approximate surface area is 209 Å². The minimum absolute atomic E-state index is 0.00262. The zero-order chi connectivity index (χ0) is 25.2. The number of thiazole rings is 1. The van der Waals surface area contributed by atoms with Crippen LogP contribution in [0.25, 0.3) is 5.57 Å². The number of halogens is 4. The van der Waals surface area contributed by atoms with Crippen molar-refractivity contribution in [1.82, 2.24) is 9.88 Å². The summed E-state index contributed by atoms with van der Waals surface area (Å²) in [7, 11) is 3.96. The summed E-state index contributed by atoms with van der Waals surface area (Å²) in [6.45, 7) is 1.53. The summed E-state index contributed by atoms with van der Waals surface area (Å²) in [6.07, 6.45) is -2.21. The third-order valence-corrected chi connectivity index (χ3v) is 6.72. The van der Waals surface area contributed by atoms with E-state index in [1.165, 1.54) is 23.5 Å². The van der Waals surface area contributed by atoms with Gasteiger partial charge in [0.25, 0.3) is 0 Å². The lowest BCUT2D eigenvalue weighted by atomic mass is 9.96. The highest BCUT2D eigenvalue weighted by Crippen LogP contribution is 2.38. The summed E-state index contributed by atoms with van der Waals surface area (Å²) in [5, 5.41) is 23.6. The molecule has 4 rings (SSSR count). The molecule has 0 saturated heterocycles. The third kappa shape index (κ3) is 6.01. The van der Waals surface area contributed by atoms with Crippen LogP contribution in [0.1, 0.15) is 28.0 Å². The number of fused-ring (bicyclic) bond motifs is 1. The second-order valence-corrected chi connectivity index (χ2v) is 9.76. The van der Waals surface area contributed by atoms with Gasteiger partial charge in [-0.2, -0.15) is 28.4 Å². The third-order valence-electron chi connectivity index (χ3n) is 5.42. The van der Waals surface area contributed by atoms with Crippen molar-refractivity contribution < 1.29 is 18.3 Å². The van der Waals surface area contributed by atoms with E-state index in [1.807, 2.05) is 14.1 Å². The fourth-order valence-corrected chi connectivity index (χ4v) is 4.86. The van der Waals surface area contributed by atoms with E-state index >= 15 is 0 Å². The van der Waals surface area contributed by atoms with Crippen molar-refractivity contribution in [3.8, 4) is 5.88 Å². The van der Waals surface area contributed by atoms with Gasteiger partial charge in [-0.25, -0.2) is 0 Å². The SMILES string of the molecule is CN(C)CCCNc1nc(O)c(C(Cc2ccc(Cl)cc2C(F)(F)F)=c2ccc3c(c2)C=NN=3)s1. The zero-order valence-corrected chi connectivity index (χ0v) is 20.6. The quantitative estimate of drug-likeness (QED) is 0.434. The van der Waals surface area contributed by atoms with Crippen molar-refractivity contribution in [1.29, 1.82) is 0 Å². The molecule has 35 heavy (non-hydrogen) atoms. The molecule has 184 valence electrons. The Morgan fingerprint density at radius 3 is 2.71 bits per heavy atom. The number of aromatic nitrogens is 1. The Morgan fingerprint density at radius 2 is 1.97 bits per heavy atom. The van der Waals surface area contributed by atoms with Crippen molar-refractivity contribution in [3.05, 3.63) is 73.6 Å². The molecule has 6 nitrogen and oxygen atoms in total. The molecule has 1 aliphatic heterocycles. The monoisotopic (exact) mass is 521 g/mol. The van der Waals surface area contributed by atoms with Crippen LogP contribution in [0.15, 0.2) is 46.6 Å². The number of nitrogens with one attached hydrogen (secondary N) is 1. The van der Waals surface area contributed by atoms with E-state index in [2.05, 4.69) is 25.4 Å². The maximum absolute atomic E-state index is 13.8. The molecule has 1 aromatic heterocycles. The maximum atomic E-state index is 13.8. The van der Waals surface area contributed by atoms with E-state index in [4.69, 9.17) is 11.6 Å². The van der Waals surface area contributed by atoms with E-state index in [9.17, 15) is 18.3 Å². The van der Waals surface area contributed by atoms with E-state index in [0.29, 0.717) is 32.7 Å². The molecule has 2 heterocycles. The summed E-state index contributed by atoms with van der Waals surface area (Å²) < 4.78 is 41.4. The van der Waals surface area contributed by atoms with Gasteiger partial charge < -0.3 is 15.3 Å². The molecule has 1 aliphatic rings. The number of hydrogen-bond acceptors (Lipinski definition) is 7. The van der Waals surface area contributed by atoms with Crippen molar-refractivity contribution in [2.45, 2.75) is 19.0 Å². The second kappa shape index (κ2) is 10.3. The molecule has 0 atom stereocenters. The van der Waals surface area contributed by atoms with Crippen LogP contribution >= 0.6 is 22.9 Å². The summed E-state index contributed by atoms with van der Waals surface area (Å²) in [4.78, 5) is 6.67. The Kier molecular flexibility index (Phi) is 7.44. The average molecular weight is 522 g/mol. The van der Waals surface area contributed by atoms with E-state index in [1.54, 1.807) is 24.4 Å². The largest absolute Gasteiger partial charge is 0.492 e. The lowest BCUT2D eigenvalue weighted by Gasteiger charge is -2.15. The molecule has 2 N–H and O–H groups in total. The van der Waals surface area contributed by atoms with Crippen LogP contribution in [-0.2, 0) is 12.6 Å². The first-order valence-corrected chi connectivity index (χ1v) is 12.0. The van der Waals surface area contributed by atoms with E-state index < -0.39 is 11.7 Å². The number of nitrogens with zero attached hydrogens (tertiary/aromatic N) is 4. The molecule has 0 amide bonds. The molecular formula is C24H23ClF3N5OS. The molecule has 0 radical (unpaired) electrons. The van der Waals surface area contributed by atoms with Crippen LogP contribution in [0.4, 0.5) is 18.3 Å². The molecule has 0 saturated carbocycles. The number of anilines is 1. The molecule has 0 bridgehead atoms. The first-order valence-electron chi connectivity index (χ1n) is 10.8. The van der Waals surface area contributed by atoms with Gasteiger partial charge in [-0.05, 0) is 67.7 Å². The van der Waals surface area contributed by atoms with Crippen molar-refractivity contribution in [2.24, 2.45) is 10.2 Å². The number of alkyl halides is 3. The van der Waals surface area contributed by atoms with Crippen molar-refractivity contribution >= 4 is 39.9 Å². The van der Waals surface area contributed by atoms with Crippen molar-refractivity contribution in [2.75, 3.05) is 32.5 Å². The highest BCUT2D eigenvalue weighted by atomic mass is 35.5. The molecule has 11 heteroatoms. The first kappa shape index (κ1) is 25.2. The lowest BCUT2D eigenvalue weighted by Crippen LogP contribution is -2.17. The van der Waals surface area contributed by atoms with Crippen molar-refractivity contribution in [3.63, 3.8) is 0 Å². The topological polar surface area (TPSA) is 73.1 Å². The highest BCUT2D eigenvalue weighted by Gasteiger charge is 2.34. The molecule has 0 aliphatic carbocycles. The number of hydrogen-bond donors (Lipinski definition) is 2. The van der Waals surface area contributed by atoms with Crippen LogP contribution in [0.5, 0.6) is 5.88 Å². The van der Waals surface area contributed by atoms with Gasteiger partial charge in [0, 0.05) is 23.6 Å². The van der Waals surface area contributed by atoms with E-state index in [-0.39, 0.29) is 22.9 Å². The van der Waals surface area contributed by atoms with Gasteiger partial charge in [0.1, 0.15) is 0 Å². The standard InChI is InChI=1S/C24H23ClF3N5OS/c1-33(2)9-3-8-29-23-31-22(34)21(35-23)18(14-5-7-20-16(10-14)13-30-32-20)11-15-4-6-17(25)12-19(15)24(26,27)28/h4-7,10,12-13,34H,3,8-9,11H2,1-2H3,(H,29,31). The fourth-order valence-electron chi connectivity index (χ4n) is 3.74. The van der Waals surface area contributed by atoms with Gasteiger partial charge in [-0.15, -0.1) is 0 Å². The van der Waals surface area contributed by atoms with Crippen LogP contribution in [0, 0.1) is 0 Å². The van der Waals surface area contributed by atoms with Gasteiger partial charge in [-0.3, -0.25) is 0 Å². The van der Waals surface area contributed by atoms with Gasteiger partial charge in [0.15, 0.2) is 5.13 Å². The predicted octanol–water partition coefficient (Wildman–Crippen LogP) is 4.29. The van der Waals surface area contributed by atoms with E-state index in [0.717, 1.165) is 24.6 Å². The molecule has 0 spiro atoms. The number of rotatable bonds is 8. The Balaban J connectivity index is 1.78. The minimum Gasteiger partial charge on any atom is -0.492 e. The van der Waals surface area contributed by atoms with Gasteiger partial charge in [0.2, 0.25) is 5.88 Å². The minimum atomic E-state index is -4.58. The van der Waals surface area contributed by atoms with Gasteiger partial charge in [-0.1, -0.05) is 35.1 Å². The Bertz CT molecular complexity index is 1380. The zero-order valence-electron chi connectivity index (χ0n) is 19.0. The Hall–Kier alpha value is -2.95. The summed E-state index contributed by atoms with van der Waals surface area (Å²) in [5.74, 6) is -0.235. The summed E-state index contributed by atoms with van der Waals surface area (Å²) in [5.41, 5.74) is 0.491. The van der Waals surface area contributed by atoms with Crippen LogP contribution in [0.2, 0.25) is 5.02 Å². The normalized spacial score (nSPS) is 13.7. The molecule has 2 aromatic carbocycles. The predicted molar refractivity (Wildman–Crippen MR) is 133 cm³/mol. The summed E-state index contributed by atoms with van der Waals surface area (Å²) >= 11 is 7.08. The maximum Gasteiger partial charge on any atom is 0.416 e. The first-order chi connectivity index (χ1) is 16.6. The molecule has 0 unspecified atom stereocenters. The van der Waals surface area contributed by atoms with Crippen LogP contribution in [-0.4, -0.2) is 48.4 Å². The van der Waals surface area contributed by atoms with Crippen LogP contribution in [0.3, 0.4) is 0 Å². The molecule has 3 aromatic rings. The molecular weight excluding hydrogens is 499 g/mol. The second-order valence-electron chi connectivity index (χ2n) is 8.33.